The van der Waals surface area contributed by atoms with Crippen LogP contribution in [0, 0.1) is 0 Å². The van der Waals surface area contributed by atoms with Gasteiger partial charge >= 0.3 is 0 Å². The van der Waals surface area contributed by atoms with Crippen molar-refractivity contribution in [3.05, 3.63) is 92.4 Å². The first-order valence-corrected chi connectivity index (χ1v) is 9.39. The molecule has 0 saturated carbocycles. The summed E-state index contributed by atoms with van der Waals surface area (Å²) < 4.78 is 13.7. The predicted octanol–water partition coefficient (Wildman–Crippen LogP) is 4.49. The number of aryl methyl sites for hydroxylation is 1. The van der Waals surface area contributed by atoms with Gasteiger partial charge in [-0.25, -0.2) is 0 Å². The summed E-state index contributed by atoms with van der Waals surface area (Å²) in [7, 11) is 1.73. The highest BCUT2D eigenvalue weighted by Crippen LogP contribution is 2.40. The van der Waals surface area contributed by atoms with Gasteiger partial charge in [0.2, 0.25) is 5.43 Å². The Bertz CT molecular complexity index is 1610. The van der Waals surface area contributed by atoms with E-state index in [0.29, 0.717) is 27.8 Å². The van der Waals surface area contributed by atoms with Crippen molar-refractivity contribution >= 4 is 32.6 Å². The molecule has 140 valence electrons. The highest BCUT2D eigenvalue weighted by molar-refractivity contribution is 6.05. The summed E-state index contributed by atoms with van der Waals surface area (Å²) in [5.74, 6) is 0.642. The number of hydrogen-bond donors (Lipinski definition) is 0. The fraction of sp³-hybridized carbons (Fsp3) is 0.0833. The lowest BCUT2D eigenvalue weighted by molar-refractivity contribution is 0.338. The highest BCUT2D eigenvalue weighted by Gasteiger charge is 2.29. The zero-order valence-corrected chi connectivity index (χ0v) is 15.6. The molecule has 29 heavy (non-hydrogen) atoms. The summed E-state index contributed by atoms with van der Waals surface area (Å²) >= 11 is 0. The Morgan fingerprint density at radius 2 is 1.62 bits per heavy atom. The van der Waals surface area contributed by atoms with Gasteiger partial charge in [-0.15, -0.1) is 0 Å². The fourth-order valence-electron chi connectivity index (χ4n) is 4.28. The molecule has 2 aromatic heterocycles. The van der Waals surface area contributed by atoms with Crippen LogP contribution in [-0.4, -0.2) is 4.57 Å². The number of hydrogen-bond acceptors (Lipinski definition) is 4. The third kappa shape index (κ3) is 2.10. The van der Waals surface area contributed by atoms with E-state index >= 15 is 0 Å². The Hall–Kier alpha value is -3.86. The lowest BCUT2D eigenvalue weighted by Gasteiger charge is -2.21. The van der Waals surface area contributed by atoms with Crippen LogP contribution in [0.5, 0.6) is 11.7 Å². The maximum atomic E-state index is 13.4. The number of fused-ring (bicyclic) bond motifs is 7. The summed E-state index contributed by atoms with van der Waals surface area (Å²) in [5.41, 5.74) is 1.79. The molecule has 6 rings (SSSR count). The SMILES string of the molecule is Cn1c(=O)c2c(c3ccccc31)Oc1oc3ccc4ccccc4c3c(=O)c1C2. The Morgan fingerprint density at radius 3 is 2.48 bits per heavy atom. The van der Waals surface area contributed by atoms with Crippen molar-refractivity contribution in [2.75, 3.05) is 0 Å². The normalized spacial score (nSPS) is 12.7. The van der Waals surface area contributed by atoms with Gasteiger partial charge in [0.05, 0.1) is 22.0 Å². The molecule has 1 aliphatic heterocycles. The predicted molar refractivity (Wildman–Crippen MR) is 112 cm³/mol. The second kappa shape index (κ2) is 5.58. The minimum Gasteiger partial charge on any atom is -0.425 e. The molecule has 0 atom stereocenters. The third-order valence-electron chi connectivity index (χ3n) is 5.74. The zero-order valence-electron chi connectivity index (χ0n) is 15.6. The average molecular weight is 381 g/mol. The summed E-state index contributed by atoms with van der Waals surface area (Å²) in [6.45, 7) is 0. The van der Waals surface area contributed by atoms with Crippen LogP contribution < -0.4 is 15.7 Å². The number of aromatic nitrogens is 1. The maximum absolute atomic E-state index is 13.4. The Labute approximate surface area is 164 Å². The second-order valence-electron chi connectivity index (χ2n) is 7.32. The molecule has 5 heteroatoms. The monoisotopic (exact) mass is 381 g/mol. The van der Waals surface area contributed by atoms with Crippen LogP contribution in [0.4, 0.5) is 0 Å². The molecule has 0 bridgehead atoms. The molecule has 3 heterocycles. The van der Waals surface area contributed by atoms with E-state index in [9.17, 15) is 9.59 Å². The van der Waals surface area contributed by atoms with Crippen LogP contribution in [0.15, 0.2) is 74.7 Å². The molecule has 5 nitrogen and oxygen atoms in total. The first-order valence-electron chi connectivity index (χ1n) is 9.39. The van der Waals surface area contributed by atoms with Gasteiger partial charge in [-0.3, -0.25) is 9.59 Å². The molecule has 0 radical (unpaired) electrons. The van der Waals surface area contributed by atoms with Gasteiger partial charge in [-0.1, -0.05) is 42.5 Å². The van der Waals surface area contributed by atoms with Crippen LogP contribution in [0.25, 0.3) is 32.6 Å². The zero-order chi connectivity index (χ0) is 19.7. The largest absolute Gasteiger partial charge is 0.425 e. The van der Waals surface area contributed by atoms with Crippen LogP contribution in [0.2, 0.25) is 0 Å². The van der Waals surface area contributed by atoms with Crippen molar-refractivity contribution in [2.45, 2.75) is 6.42 Å². The van der Waals surface area contributed by atoms with E-state index in [0.717, 1.165) is 21.7 Å². The van der Waals surface area contributed by atoms with Crippen molar-refractivity contribution in [3.63, 3.8) is 0 Å². The summed E-state index contributed by atoms with van der Waals surface area (Å²) in [4.78, 5) is 26.4. The van der Waals surface area contributed by atoms with Crippen molar-refractivity contribution in [2.24, 2.45) is 7.05 Å². The summed E-state index contributed by atoms with van der Waals surface area (Å²) in [6, 6.07) is 19.0. The molecule has 3 aromatic carbocycles. The van der Waals surface area contributed by atoms with Crippen LogP contribution in [0.1, 0.15) is 11.1 Å². The van der Waals surface area contributed by atoms with Gasteiger partial charge in [0.25, 0.3) is 11.5 Å². The van der Waals surface area contributed by atoms with Crippen molar-refractivity contribution in [1.29, 1.82) is 0 Å². The van der Waals surface area contributed by atoms with Crippen molar-refractivity contribution in [3.8, 4) is 11.7 Å². The quantitative estimate of drug-likeness (QED) is 0.364. The number of rotatable bonds is 0. The van der Waals surface area contributed by atoms with E-state index in [1.165, 1.54) is 0 Å². The van der Waals surface area contributed by atoms with Crippen molar-refractivity contribution < 1.29 is 9.15 Å². The van der Waals surface area contributed by atoms with E-state index < -0.39 is 0 Å². The van der Waals surface area contributed by atoms with E-state index in [2.05, 4.69) is 0 Å². The van der Waals surface area contributed by atoms with Gasteiger partial charge in [0.15, 0.2) is 0 Å². The van der Waals surface area contributed by atoms with Gasteiger partial charge < -0.3 is 13.7 Å². The molecule has 0 amide bonds. The van der Waals surface area contributed by atoms with Gasteiger partial charge in [0.1, 0.15) is 11.3 Å². The van der Waals surface area contributed by atoms with Crippen LogP contribution in [0.3, 0.4) is 0 Å². The summed E-state index contributed by atoms with van der Waals surface area (Å²) in [5, 5.41) is 3.13. The molecule has 0 N–H and O–H groups in total. The molecular formula is C24H15NO4. The molecule has 0 aliphatic carbocycles. The smallest absolute Gasteiger partial charge is 0.298 e. The number of pyridine rings is 1. The maximum Gasteiger partial charge on any atom is 0.298 e. The minimum atomic E-state index is -0.165. The number of para-hydroxylation sites is 1. The standard InChI is InChI=1S/C24H15NO4/c1-25-18-9-5-4-8-15(18)22-17(23(25)27)12-16-21(26)20-14-7-3-2-6-13(14)10-11-19(20)28-24(16)29-22/h2-11H,12H2,1H3. The third-order valence-corrected chi connectivity index (χ3v) is 5.74. The minimum absolute atomic E-state index is 0.154. The van der Waals surface area contributed by atoms with E-state index in [1.54, 1.807) is 17.7 Å². The number of nitrogens with zero attached hydrogens (tertiary/aromatic N) is 1. The average Bonchev–Trinajstić information content (AvgIpc) is 2.76. The summed E-state index contributed by atoms with van der Waals surface area (Å²) in [6.07, 6.45) is 0.184. The topological polar surface area (TPSA) is 61.4 Å². The molecule has 0 saturated heterocycles. The molecule has 0 spiro atoms. The highest BCUT2D eigenvalue weighted by atomic mass is 16.6. The molecule has 0 fully saturated rings. The molecule has 0 unspecified atom stereocenters. The molecule has 5 aromatic rings. The molecular weight excluding hydrogens is 366 g/mol. The second-order valence-corrected chi connectivity index (χ2v) is 7.32. The number of benzene rings is 3. The first-order chi connectivity index (χ1) is 14.1. The Balaban J connectivity index is 1.70. The number of ether oxygens (including phenoxy) is 1. The first kappa shape index (κ1) is 16.1. The van der Waals surface area contributed by atoms with Gasteiger partial charge in [-0.2, -0.15) is 0 Å². The lowest BCUT2D eigenvalue weighted by Crippen LogP contribution is -2.27. The van der Waals surface area contributed by atoms with Crippen molar-refractivity contribution in [1.82, 2.24) is 4.57 Å². The van der Waals surface area contributed by atoms with E-state index in [1.807, 2.05) is 54.6 Å². The van der Waals surface area contributed by atoms with Gasteiger partial charge in [0, 0.05) is 18.9 Å². The lowest BCUT2D eigenvalue weighted by atomic mass is 9.98. The van der Waals surface area contributed by atoms with Gasteiger partial charge in [-0.05, 0) is 29.0 Å². The molecule has 1 aliphatic rings. The van der Waals surface area contributed by atoms with Crippen LogP contribution in [-0.2, 0) is 13.5 Å². The van der Waals surface area contributed by atoms with Crippen LogP contribution >= 0.6 is 0 Å². The Kier molecular flexibility index (Phi) is 3.10. The Morgan fingerprint density at radius 1 is 0.862 bits per heavy atom. The van der Waals surface area contributed by atoms with E-state index in [-0.39, 0.29) is 23.4 Å². The fourth-order valence-corrected chi connectivity index (χ4v) is 4.28. The van der Waals surface area contributed by atoms with E-state index in [4.69, 9.17) is 9.15 Å².